The summed E-state index contributed by atoms with van der Waals surface area (Å²) in [5.74, 6) is 1.91. The zero-order valence-electron chi connectivity index (χ0n) is 12.0. The van der Waals surface area contributed by atoms with E-state index in [-0.39, 0.29) is 0 Å². The van der Waals surface area contributed by atoms with Gasteiger partial charge in [-0.3, -0.25) is 0 Å². The normalized spacial score (nSPS) is 12.4. The van der Waals surface area contributed by atoms with Gasteiger partial charge in [0.15, 0.2) is 0 Å². The van der Waals surface area contributed by atoms with Crippen molar-refractivity contribution in [2.45, 2.75) is 33.1 Å². The first kappa shape index (κ1) is 13.5. The van der Waals surface area contributed by atoms with Gasteiger partial charge < -0.3 is 10.5 Å². The van der Waals surface area contributed by atoms with Crippen molar-refractivity contribution in [1.29, 1.82) is 0 Å². The second-order valence-electron chi connectivity index (χ2n) is 4.88. The molecule has 0 fully saturated rings. The molecule has 0 bridgehead atoms. The van der Waals surface area contributed by atoms with E-state index in [9.17, 15) is 0 Å². The Kier molecular flexibility index (Phi) is 3.79. The number of anilines is 1. The van der Waals surface area contributed by atoms with Gasteiger partial charge in [-0.1, -0.05) is 32.0 Å². The minimum absolute atomic E-state index is 0.451. The molecule has 0 radical (unpaired) electrons. The van der Waals surface area contributed by atoms with E-state index in [1.54, 1.807) is 4.68 Å². The molecule has 2 rings (SSSR count). The van der Waals surface area contributed by atoms with Crippen LogP contribution >= 0.6 is 0 Å². The van der Waals surface area contributed by atoms with Gasteiger partial charge in [0.1, 0.15) is 11.4 Å². The highest BCUT2D eigenvalue weighted by Crippen LogP contribution is 2.34. The SMILES string of the molecule is CCC(C)c1ccccc1Oc1c(N)c(C)nn1C. The summed E-state index contributed by atoms with van der Waals surface area (Å²) >= 11 is 0. The summed E-state index contributed by atoms with van der Waals surface area (Å²) in [5.41, 5.74) is 8.59. The Morgan fingerprint density at radius 1 is 1.37 bits per heavy atom. The van der Waals surface area contributed by atoms with Crippen LogP contribution in [0.1, 0.15) is 37.4 Å². The van der Waals surface area contributed by atoms with E-state index >= 15 is 0 Å². The molecule has 1 aromatic carbocycles. The molecular weight excluding hydrogens is 238 g/mol. The molecule has 0 spiro atoms. The van der Waals surface area contributed by atoms with Crippen molar-refractivity contribution in [1.82, 2.24) is 9.78 Å². The number of para-hydroxylation sites is 1. The number of hydrogen-bond acceptors (Lipinski definition) is 3. The van der Waals surface area contributed by atoms with Crippen molar-refractivity contribution >= 4 is 5.69 Å². The molecule has 0 aliphatic rings. The van der Waals surface area contributed by atoms with Gasteiger partial charge in [0.2, 0.25) is 5.88 Å². The van der Waals surface area contributed by atoms with Crippen LogP contribution in [0.25, 0.3) is 0 Å². The number of nitrogens with two attached hydrogens (primary N) is 1. The number of nitrogens with zero attached hydrogens (tertiary/aromatic N) is 2. The molecule has 0 aliphatic carbocycles. The second kappa shape index (κ2) is 5.34. The molecule has 0 saturated heterocycles. The van der Waals surface area contributed by atoms with Crippen molar-refractivity contribution < 1.29 is 4.74 Å². The van der Waals surface area contributed by atoms with Crippen LogP contribution in [0.5, 0.6) is 11.6 Å². The lowest BCUT2D eigenvalue weighted by atomic mass is 9.98. The van der Waals surface area contributed by atoms with Gasteiger partial charge in [0.25, 0.3) is 0 Å². The lowest BCUT2D eigenvalue weighted by Gasteiger charge is -2.15. The van der Waals surface area contributed by atoms with Gasteiger partial charge in [-0.25, -0.2) is 4.68 Å². The van der Waals surface area contributed by atoms with Crippen molar-refractivity contribution in [3.05, 3.63) is 35.5 Å². The first-order chi connectivity index (χ1) is 9.04. The quantitative estimate of drug-likeness (QED) is 0.912. The van der Waals surface area contributed by atoms with Gasteiger partial charge in [0.05, 0.1) is 5.69 Å². The monoisotopic (exact) mass is 259 g/mol. The van der Waals surface area contributed by atoms with Gasteiger partial charge in [-0.15, -0.1) is 0 Å². The highest BCUT2D eigenvalue weighted by atomic mass is 16.5. The van der Waals surface area contributed by atoms with Crippen LogP contribution in [0.3, 0.4) is 0 Å². The summed E-state index contributed by atoms with van der Waals surface area (Å²) in [4.78, 5) is 0. The van der Waals surface area contributed by atoms with Crippen molar-refractivity contribution in [3.8, 4) is 11.6 Å². The Bertz CT molecular complexity index is 575. The Labute approximate surface area is 114 Å². The lowest BCUT2D eigenvalue weighted by Crippen LogP contribution is -2.01. The fourth-order valence-corrected chi connectivity index (χ4v) is 2.08. The molecule has 4 heteroatoms. The number of hydrogen-bond donors (Lipinski definition) is 1. The third kappa shape index (κ3) is 2.57. The highest BCUT2D eigenvalue weighted by molar-refractivity contribution is 5.54. The number of ether oxygens (including phenoxy) is 1. The molecule has 1 unspecified atom stereocenters. The van der Waals surface area contributed by atoms with E-state index in [1.807, 2.05) is 32.2 Å². The van der Waals surface area contributed by atoms with Crippen LogP contribution in [-0.4, -0.2) is 9.78 Å². The van der Waals surface area contributed by atoms with Crippen LogP contribution in [0.4, 0.5) is 5.69 Å². The molecule has 2 N–H and O–H groups in total. The first-order valence-corrected chi connectivity index (χ1v) is 6.60. The molecule has 102 valence electrons. The fourth-order valence-electron chi connectivity index (χ4n) is 2.08. The second-order valence-corrected chi connectivity index (χ2v) is 4.88. The van der Waals surface area contributed by atoms with Crippen LogP contribution in [0.15, 0.2) is 24.3 Å². The molecular formula is C15H21N3O. The summed E-state index contributed by atoms with van der Waals surface area (Å²) < 4.78 is 7.67. The van der Waals surface area contributed by atoms with Crippen LogP contribution in [-0.2, 0) is 7.05 Å². The molecule has 1 atom stereocenters. The smallest absolute Gasteiger partial charge is 0.241 e. The Hall–Kier alpha value is -1.97. The number of aryl methyl sites for hydroxylation is 2. The molecule has 0 saturated carbocycles. The molecule has 0 aliphatic heterocycles. The van der Waals surface area contributed by atoms with E-state index in [2.05, 4.69) is 25.0 Å². The van der Waals surface area contributed by atoms with Gasteiger partial charge in [0, 0.05) is 7.05 Å². The van der Waals surface area contributed by atoms with E-state index in [0.29, 0.717) is 17.5 Å². The minimum atomic E-state index is 0.451. The third-order valence-electron chi connectivity index (χ3n) is 3.48. The maximum atomic E-state index is 6.00. The average Bonchev–Trinajstić information content (AvgIpc) is 2.65. The highest BCUT2D eigenvalue weighted by Gasteiger charge is 2.15. The molecule has 19 heavy (non-hydrogen) atoms. The fraction of sp³-hybridized carbons (Fsp3) is 0.400. The molecule has 2 aromatic rings. The van der Waals surface area contributed by atoms with E-state index in [4.69, 9.17) is 10.5 Å². The largest absolute Gasteiger partial charge is 0.437 e. The van der Waals surface area contributed by atoms with E-state index < -0.39 is 0 Å². The number of rotatable bonds is 4. The van der Waals surface area contributed by atoms with Crippen molar-refractivity contribution in [2.75, 3.05) is 5.73 Å². The van der Waals surface area contributed by atoms with E-state index in [1.165, 1.54) is 5.56 Å². The predicted octanol–water partition coefficient (Wildman–Crippen LogP) is 3.62. The molecule has 4 nitrogen and oxygen atoms in total. The molecule has 1 aromatic heterocycles. The summed E-state index contributed by atoms with van der Waals surface area (Å²) in [6.45, 7) is 6.24. The predicted molar refractivity (Wildman–Crippen MR) is 77.6 cm³/mol. The maximum Gasteiger partial charge on any atom is 0.241 e. The zero-order valence-corrected chi connectivity index (χ0v) is 12.0. The standard InChI is InChI=1S/C15H21N3O/c1-5-10(2)12-8-6-7-9-13(12)19-15-14(16)11(3)17-18(15)4/h6-10H,5,16H2,1-4H3. The Morgan fingerprint density at radius 2 is 2.05 bits per heavy atom. The topological polar surface area (TPSA) is 53.1 Å². The molecule has 1 heterocycles. The Morgan fingerprint density at radius 3 is 2.63 bits per heavy atom. The first-order valence-electron chi connectivity index (χ1n) is 6.60. The summed E-state index contributed by atoms with van der Waals surface area (Å²) in [5, 5.41) is 4.27. The van der Waals surface area contributed by atoms with Crippen molar-refractivity contribution in [3.63, 3.8) is 0 Å². The lowest BCUT2D eigenvalue weighted by molar-refractivity contribution is 0.424. The van der Waals surface area contributed by atoms with Gasteiger partial charge in [-0.2, -0.15) is 5.10 Å². The summed E-state index contributed by atoms with van der Waals surface area (Å²) in [7, 11) is 1.84. The third-order valence-corrected chi connectivity index (χ3v) is 3.48. The average molecular weight is 259 g/mol. The van der Waals surface area contributed by atoms with Crippen molar-refractivity contribution in [2.24, 2.45) is 7.05 Å². The zero-order chi connectivity index (χ0) is 14.0. The van der Waals surface area contributed by atoms with Crippen LogP contribution in [0, 0.1) is 6.92 Å². The minimum Gasteiger partial charge on any atom is -0.437 e. The number of nitrogen functional groups attached to an aromatic ring is 1. The summed E-state index contributed by atoms with van der Waals surface area (Å²) in [6.07, 6.45) is 1.07. The number of benzene rings is 1. The maximum absolute atomic E-state index is 6.00. The van der Waals surface area contributed by atoms with Gasteiger partial charge >= 0.3 is 0 Å². The van der Waals surface area contributed by atoms with Crippen LogP contribution in [0.2, 0.25) is 0 Å². The number of aromatic nitrogens is 2. The summed E-state index contributed by atoms with van der Waals surface area (Å²) in [6, 6.07) is 8.08. The van der Waals surface area contributed by atoms with E-state index in [0.717, 1.165) is 17.9 Å². The van der Waals surface area contributed by atoms with Crippen LogP contribution < -0.4 is 10.5 Å². The van der Waals surface area contributed by atoms with Gasteiger partial charge in [-0.05, 0) is 30.9 Å². The molecule has 0 amide bonds. The Balaban J connectivity index is 2.38.